The van der Waals surface area contributed by atoms with Gasteiger partial charge in [0.2, 0.25) is 9.84 Å². The van der Waals surface area contributed by atoms with Gasteiger partial charge in [0.05, 0.1) is 22.5 Å². The number of carbonyl (C=O) groups excluding carboxylic acids is 1. The number of ether oxygens (including phenoxy) is 1. The molecule has 0 amide bonds. The van der Waals surface area contributed by atoms with Crippen molar-refractivity contribution in [1.82, 2.24) is 0 Å². The SMILES string of the molecule is COC(=O)c1ccc2cc([N+](=O)[O-])c(S(=O)(=O)c3ccccc3)cc2c1. The minimum absolute atomic E-state index is 0.0495. The highest BCUT2D eigenvalue weighted by molar-refractivity contribution is 7.91. The molecule has 0 aliphatic carbocycles. The van der Waals surface area contributed by atoms with Crippen LogP contribution < -0.4 is 0 Å². The third-order valence-corrected chi connectivity index (χ3v) is 5.68. The maximum absolute atomic E-state index is 12.9. The summed E-state index contributed by atoms with van der Waals surface area (Å²) in [5, 5.41) is 12.3. The monoisotopic (exact) mass is 371 g/mol. The molecule has 3 aromatic carbocycles. The summed E-state index contributed by atoms with van der Waals surface area (Å²) >= 11 is 0. The molecule has 0 unspecified atom stereocenters. The molecule has 0 radical (unpaired) electrons. The van der Waals surface area contributed by atoms with Crippen LogP contribution in [-0.2, 0) is 14.6 Å². The van der Waals surface area contributed by atoms with Crippen LogP contribution in [-0.4, -0.2) is 26.4 Å². The first kappa shape index (κ1) is 17.6. The highest BCUT2D eigenvalue weighted by Crippen LogP contribution is 2.33. The molecular formula is C18H13NO6S. The van der Waals surface area contributed by atoms with Crippen LogP contribution in [0.1, 0.15) is 10.4 Å². The second-order valence-electron chi connectivity index (χ2n) is 5.45. The number of nitro benzene ring substituents is 1. The minimum atomic E-state index is -4.10. The highest BCUT2D eigenvalue weighted by Gasteiger charge is 2.28. The molecule has 0 aliphatic rings. The molecule has 0 saturated heterocycles. The van der Waals surface area contributed by atoms with Crippen LogP contribution in [0.15, 0.2) is 70.5 Å². The zero-order valence-corrected chi connectivity index (χ0v) is 14.4. The van der Waals surface area contributed by atoms with E-state index in [-0.39, 0.29) is 10.5 Å². The van der Waals surface area contributed by atoms with Gasteiger partial charge in [-0.15, -0.1) is 0 Å². The Bertz CT molecular complexity index is 1120. The van der Waals surface area contributed by atoms with Gasteiger partial charge in [0.1, 0.15) is 4.90 Å². The van der Waals surface area contributed by atoms with E-state index < -0.39 is 31.3 Å². The second kappa shape index (κ2) is 6.57. The van der Waals surface area contributed by atoms with Crippen molar-refractivity contribution < 1.29 is 22.9 Å². The molecule has 8 heteroatoms. The van der Waals surface area contributed by atoms with Gasteiger partial charge < -0.3 is 4.74 Å². The Morgan fingerprint density at radius 2 is 1.69 bits per heavy atom. The van der Waals surface area contributed by atoms with Crippen molar-refractivity contribution in [3.63, 3.8) is 0 Å². The molecule has 0 spiro atoms. The van der Waals surface area contributed by atoms with Crippen LogP contribution in [0.25, 0.3) is 10.8 Å². The van der Waals surface area contributed by atoms with Gasteiger partial charge >= 0.3 is 5.97 Å². The predicted molar refractivity (Wildman–Crippen MR) is 93.8 cm³/mol. The molecule has 0 atom stereocenters. The lowest BCUT2D eigenvalue weighted by molar-refractivity contribution is -0.387. The van der Waals surface area contributed by atoms with Crippen LogP contribution in [0.3, 0.4) is 0 Å². The normalized spacial score (nSPS) is 11.3. The van der Waals surface area contributed by atoms with Gasteiger partial charge in [0.15, 0.2) is 0 Å². The smallest absolute Gasteiger partial charge is 0.337 e. The van der Waals surface area contributed by atoms with Gasteiger partial charge in [0.25, 0.3) is 5.69 Å². The molecule has 132 valence electrons. The van der Waals surface area contributed by atoms with Crippen molar-refractivity contribution in [1.29, 1.82) is 0 Å². The van der Waals surface area contributed by atoms with Gasteiger partial charge in [0, 0.05) is 6.07 Å². The van der Waals surface area contributed by atoms with E-state index in [4.69, 9.17) is 0 Å². The summed E-state index contributed by atoms with van der Waals surface area (Å²) in [6, 6.07) is 14.3. The molecule has 0 aliphatic heterocycles. The first-order valence-corrected chi connectivity index (χ1v) is 8.93. The molecule has 0 saturated carbocycles. The Labute approximate surface area is 148 Å². The number of fused-ring (bicyclic) bond motifs is 1. The Balaban J connectivity index is 2.30. The number of methoxy groups -OCH3 is 1. The van der Waals surface area contributed by atoms with Gasteiger partial charge in [-0.2, -0.15) is 0 Å². The van der Waals surface area contributed by atoms with E-state index in [0.717, 1.165) is 0 Å². The van der Waals surface area contributed by atoms with Crippen LogP contribution in [0.5, 0.6) is 0 Å². The van der Waals surface area contributed by atoms with Crippen molar-refractivity contribution in [2.24, 2.45) is 0 Å². The molecule has 3 rings (SSSR count). The number of hydrogen-bond acceptors (Lipinski definition) is 6. The largest absolute Gasteiger partial charge is 0.465 e. The summed E-state index contributed by atoms with van der Waals surface area (Å²) in [5.74, 6) is -0.585. The average Bonchev–Trinajstić information content (AvgIpc) is 2.66. The number of rotatable bonds is 4. The first-order valence-electron chi connectivity index (χ1n) is 7.45. The third-order valence-electron chi connectivity index (χ3n) is 3.88. The van der Waals surface area contributed by atoms with E-state index in [0.29, 0.717) is 10.8 Å². The summed E-state index contributed by atoms with van der Waals surface area (Å²) in [7, 11) is -2.87. The molecule has 7 nitrogen and oxygen atoms in total. The lowest BCUT2D eigenvalue weighted by Crippen LogP contribution is -2.06. The van der Waals surface area contributed by atoms with E-state index in [1.54, 1.807) is 6.07 Å². The standard InChI is InChI=1S/C18H13NO6S/c1-25-18(20)13-8-7-12-10-16(19(21)22)17(11-14(12)9-13)26(23,24)15-5-3-2-4-6-15/h2-11H,1H3. The van der Waals surface area contributed by atoms with Gasteiger partial charge in [-0.05, 0) is 41.1 Å². The number of sulfone groups is 1. The number of nitro groups is 1. The fourth-order valence-corrected chi connectivity index (χ4v) is 4.05. The van der Waals surface area contributed by atoms with Crippen molar-refractivity contribution in [3.05, 3.63) is 76.3 Å². The summed E-state index contributed by atoms with van der Waals surface area (Å²) < 4.78 is 30.4. The fraction of sp³-hybridized carbons (Fsp3) is 0.0556. The molecule has 0 bridgehead atoms. The van der Waals surface area contributed by atoms with E-state index in [1.165, 1.54) is 61.7 Å². The lowest BCUT2D eigenvalue weighted by Gasteiger charge is -2.08. The Morgan fingerprint density at radius 3 is 2.31 bits per heavy atom. The predicted octanol–water partition coefficient (Wildman–Crippen LogP) is 3.37. The minimum Gasteiger partial charge on any atom is -0.465 e. The summed E-state index contributed by atoms with van der Waals surface area (Å²) in [4.78, 5) is 21.9. The third kappa shape index (κ3) is 3.02. The molecule has 0 heterocycles. The zero-order chi connectivity index (χ0) is 18.9. The van der Waals surface area contributed by atoms with Crippen molar-refractivity contribution in [3.8, 4) is 0 Å². The number of nitrogens with zero attached hydrogens (tertiary/aromatic N) is 1. The van der Waals surface area contributed by atoms with E-state index in [2.05, 4.69) is 4.74 Å². The van der Waals surface area contributed by atoms with E-state index >= 15 is 0 Å². The van der Waals surface area contributed by atoms with Crippen LogP contribution in [0.4, 0.5) is 5.69 Å². The molecule has 0 aromatic heterocycles. The molecule has 0 fully saturated rings. The van der Waals surface area contributed by atoms with Gasteiger partial charge in [-0.3, -0.25) is 10.1 Å². The summed E-state index contributed by atoms with van der Waals surface area (Å²) in [6.45, 7) is 0. The van der Waals surface area contributed by atoms with Crippen LogP contribution in [0, 0.1) is 10.1 Å². The number of benzene rings is 3. The first-order chi connectivity index (χ1) is 12.3. The Hall–Kier alpha value is -3.26. The fourth-order valence-electron chi connectivity index (χ4n) is 2.59. The Morgan fingerprint density at radius 1 is 1.00 bits per heavy atom. The molecular weight excluding hydrogens is 358 g/mol. The number of esters is 1. The van der Waals surface area contributed by atoms with Crippen LogP contribution in [0.2, 0.25) is 0 Å². The topological polar surface area (TPSA) is 104 Å². The molecule has 0 N–H and O–H groups in total. The number of carbonyl (C=O) groups is 1. The highest BCUT2D eigenvalue weighted by atomic mass is 32.2. The van der Waals surface area contributed by atoms with Gasteiger partial charge in [-0.1, -0.05) is 24.3 Å². The average molecular weight is 371 g/mol. The molecule has 26 heavy (non-hydrogen) atoms. The maximum atomic E-state index is 12.9. The molecule has 3 aromatic rings. The van der Waals surface area contributed by atoms with Crippen LogP contribution >= 0.6 is 0 Å². The lowest BCUT2D eigenvalue weighted by atomic mass is 10.1. The summed E-state index contributed by atoms with van der Waals surface area (Å²) in [6.07, 6.45) is 0. The number of hydrogen-bond donors (Lipinski definition) is 0. The zero-order valence-electron chi connectivity index (χ0n) is 13.6. The van der Waals surface area contributed by atoms with Gasteiger partial charge in [-0.25, -0.2) is 13.2 Å². The second-order valence-corrected chi connectivity index (χ2v) is 7.37. The van der Waals surface area contributed by atoms with Crippen molar-refractivity contribution in [2.45, 2.75) is 9.79 Å². The quantitative estimate of drug-likeness (QED) is 0.396. The Kier molecular flexibility index (Phi) is 4.43. The summed E-state index contributed by atoms with van der Waals surface area (Å²) in [5.41, 5.74) is -0.302. The van der Waals surface area contributed by atoms with E-state index in [1.807, 2.05) is 0 Å². The maximum Gasteiger partial charge on any atom is 0.337 e. The van der Waals surface area contributed by atoms with Crippen molar-refractivity contribution >= 4 is 32.3 Å². The van der Waals surface area contributed by atoms with Crippen molar-refractivity contribution in [2.75, 3.05) is 7.11 Å². The van der Waals surface area contributed by atoms with E-state index in [9.17, 15) is 23.3 Å².